The lowest BCUT2D eigenvalue weighted by atomic mass is 10.1. The van der Waals surface area contributed by atoms with Crippen LogP contribution in [0, 0.1) is 0 Å². The first kappa shape index (κ1) is 14.0. The lowest BCUT2D eigenvalue weighted by Gasteiger charge is -2.31. The molecule has 0 N–H and O–H groups in total. The van der Waals surface area contributed by atoms with Crippen LogP contribution in [0.5, 0.6) is 0 Å². The van der Waals surface area contributed by atoms with Crippen LogP contribution in [0.15, 0.2) is 4.47 Å². The molecule has 1 saturated heterocycles. The summed E-state index contributed by atoms with van der Waals surface area (Å²) < 4.78 is 8.64. The summed E-state index contributed by atoms with van der Waals surface area (Å²) in [4.78, 5) is 2.46. The van der Waals surface area contributed by atoms with Crippen molar-refractivity contribution in [3.8, 4) is 0 Å². The maximum atomic E-state index is 5.47. The molecule has 0 saturated carbocycles. The molecule has 1 fully saturated rings. The van der Waals surface area contributed by atoms with Crippen molar-refractivity contribution in [3.05, 3.63) is 15.9 Å². The summed E-state index contributed by atoms with van der Waals surface area (Å²) in [5.74, 6) is 0. The molecule has 4 nitrogen and oxygen atoms in total. The van der Waals surface area contributed by atoms with Crippen molar-refractivity contribution in [2.45, 2.75) is 38.8 Å². The average molecular weight is 316 g/mol. The van der Waals surface area contributed by atoms with Gasteiger partial charge in [0.2, 0.25) is 0 Å². The quantitative estimate of drug-likeness (QED) is 0.854. The van der Waals surface area contributed by atoms with Crippen LogP contribution in [-0.4, -0.2) is 41.0 Å². The summed E-state index contributed by atoms with van der Waals surface area (Å²) in [7, 11) is 3.83. The largest absolute Gasteiger partial charge is 0.380 e. The van der Waals surface area contributed by atoms with Crippen LogP contribution in [0.4, 0.5) is 0 Å². The van der Waals surface area contributed by atoms with Gasteiger partial charge < -0.3 is 4.74 Å². The van der Waals surface area contributed by atoms with E-state index in [4.69, 9.17) is 4.74 Å². The molecule has 102 valence electrons. The van der Waals surface area contributed by atoms with Gasteiger partial charge in [-0.2, -0.15) is 5.10 Å². The van der Waals surface area contributed by atoms with E-state index in [0.29, 0.717) is 6.10 Å². The van der Waals surface area contributed by atoms with Gasteiger partial charge in [0, 0.05) is 27.2 Å². The number of ether oxygens (including phenoxy) is 1. The number of rotatable bonds is 4. The molecule has 5 heteroatoms. The molecule has 0 aliphatic carbocycles. The van der Waals surface area contributed by atoms with E-state index < -0.39 is 0 Å². The molecular weight excluding hydrogens is 294 g/mol. The van der Waals surface area contributed by atoms with Gasteiger partial charge in [-0.3, -0.25) is 9.58 Å². The second-order valence-corrected chi connectivity index (χ2v) is 5.71. The number of piperidine rings is 1. The summed E-state index contributed by atoms with van der Waals surface area (Å²) >= 11 is 3.68. The number of likely N-dealkylation sites (tertiary alicyclic amines) is 1. The fourth-order valence-electron chi connectivity index (χ4n) is 2.55. The zero-order valence-corrected chi connectivity index (χ0v) is 13.0. The Balaban J connectivity index is 2.07. The summed E-state index contributed by atoms with van der Waals surface area (Å²) in [6.07, 6.45) is 3.75. The maximum absolute atomic E-state index is 5.47. The lowest BCUT2D eigenvalue weighted by molar-refractivity contribution is 0.0277. The van der Waals surface area contributed by atoms with E-state index in [0.717, 1.165) is 31.7 Å². The monoisotopic (exact) mass is 315 g/mol. The van der Waals surface area contributed by atoms with E-state index in [9.17, 15) is 0 Å². The molecule has 1 atom stereocenters. The van der Waals surface area contributed by atoms with Gasteiger partial charge in [-0.15, -0.1) is 0 Å². The number of methoxy groups -OCH3 is 1. The first-order valence-electron chi connectivity index (χ1n) is 6.61. The highest BCUT2D eigenvalue weighted by Gasteiger charge is 2.22. The third-order valence-corrected chi connectivity index (χ3v) is 4.59. The van der Waals surface area contributed by atoms with Gasteiger partial charge in [0.15, 0.2) is 0 Å². The maximum Gasteiger partial charge on any atom is 0.0767 e. The molecule has 2 rings (SSSR count). The fourth-order valence-corrected chi connectivity index (χ4v) is 3.29. The van der Waals surface area contributed by atoms with Gasteiger partial charge in [-0.25, -0.2) is 0 Å². The average Bonchev–Trinajstić information content (AvgIpc) is 2.66. The van der Waals surface area contributed by atoms with Crippen molar-refractivity contribution >= 4 is 15.9 Å². The Hall–Kier alpha value is -0.390. The van der Waals surface area contributed by atoms with E-state index in [1.807, 2.05) is 18.8 Å². The number of halogens is 1. The van der Waals surface area contributed by atoms with Crippen LogP contribution >= 0.6 is 15.9 Å². The van der Waals surface area contributed by atoms with Gasteiger partial charge >= 0.3 is 0 Å². The Morgan fingerprint density at radius 1 is 1.50 bits per heavy atom. The second-order valence-electron chi connectivity index (χ2n) is 4.92. The third kappa shape index (κ3) is 2.95. The molecule has 1 aliphatic rings. The van der Waals surface area contributed by atoms with Gasteiger partial charge in [-0.05, 0) is 41.7 Å². The van der Waals surface area contributed by atoms with E-state index in [1.165, 1.54) is 23.0 Å². The molecular formula is C13H22BrN3O. The topological polar surface area (TPSA) is 30.3 Å². The fraction of sp³-hybridized carbons (Fsp3) is 0.769. The molecule has 0 bridgehead atoms. The summed E-state index contributed by atoms with van der Waals surface area (Å²) in [5.41, 5.74) is 2.41. The van der Waals surface area contributed by atoms with Crippen molar-refractivity contribution in [1.82, 2.24) is 14.7 Å². The van der Waals surface area contributed by atoms with Gasteiger partial charge in [0.05, 0.1) is 22.0 Å². The van der Waals surface area contributed by atoms with Crippen LogP contribution in [0.3, 0.4) is 0 Å². The molecule has 18 heavy (non-hydrogen) atoms. The number of aromatic nitrogens is 2. The van der Waals surface area contributed by atoms with E-state index in [1.54, 1.807) is 0 Å². The molecule has 0 aromatic carbocycles. The highest BCUT2D eigenvalue weighted by atomic mass is 79.9. The number of nitrogens with zero attached hydrogens (tertiary/aromatic N) is 3. The summed E-state index contributed by atoms with van der Waals surface area (Å²) in [6.45, 7) is 5.26. The molecule has 0 radical (unpaired) electrons. The molecule has 1 aromatic heterocycles. The summed E-state index contributed by atoms with van der Waals surface area (Å²) in [5, 5.41) is 4.55. The molecule has 1 aliphatic heterocycles. The smallest absolute Gasteiger partial charge is 0.0767 e. The van der Waals surface area contributed by atoms with Crippen molar-refractivity contribution < 1.29 is 4.74 Å². The van der Waals surface area contributed by atoms with E-state index in [-0.39, 0.29) is 0 Å². The first-order valence-corrected chi connectivity index (χ1v) is 7.40. The van der Waals surface area contributed by atoms with Crippen molar-refractivity contribution in [3.63, 3.8) is 0 Å². The van der Waals surface area contributed by atoms with Crippen LogP contribution in [0.25, 0.3) is 0 Å². The minimum absolute atomic E-state index is 0.386. The molecule has 1 unspecified atom stereocenters. The molecule has 2 heterocycles. The van der Waals surface area contributed by atoms with Crippen LogP contribution in [0.1, 0.15) is 31.2 Å². The third-order valence-electron chi connectivity index (χ3n) is 3.67. The Morgan fingerprint density at radius 2 is 2.28 bits per heavy atom. The van der Waals surface area contributed by atoms with Crippen LogP contribution < -0.4 is 0 Å². The Kier molecular flexibility index (Phi) is 4.81. The zero-order valence-electron chi connectivity index (χ0n) is 11.4. The number of hydrogen-bond acceptors (Lipinski definition) is 3. The molecule has 0 amide bonds. The Bertz CT molecular complexity index is 405. The second kappa shape index (κ2) is 6.17. The predicted molar refractivity (Wildman–Crippen MR) is 75.6 cm³/mol. The van der Waals surface area contributed by atoms with Gasteiger partial charge in [-0.1, -0.05) is 6.92 Å². The predicted octanol–water partition coefficient (Wildman–Crippen LogP) is 2.36. The molecule has 1 aromatic rings. The highest BCUT2D eigenvalue weighted by Crippen LogP contribution is 2.24. The van der Waals surface area contributed by atoms with Crippen molar-refractivity contribution in [2.75, 3.05) is 20.2 Å². The van der Waals surface area contributed by atoms with Crippen molar-refractivity contribution in [2.24, 2.45) is 7.05 Å². The normalized spacial score (nSPS) is 21.4. The van der Waals surface area contributed by atoms with Crippen molar-refractivity contribution in [1.29, 1.82) is 0 Å². The SMILES string of the molecule is CCc1nn(C)c(CN2CCCC(OC)C2)c1Br. The van der Waals surface area contributed by atoms with Crippen LogP contribution in [0.2, 0.25) is 0 Å². The highest BCUT2D eigenvalue weighted by molar-refractivity contribution is 9.10. The standard InChI is InChI=1S/C13H22BrN3O/c1-4-11-13(14)12(16(2)15-11)9-17-7-5-6-10(8-17)18-3/h10H,4-9H2,1-3H3. The van der Waals surface area contributed by atoms with Crippen LogP contribution in [-0.2, 0) is 24.8 Å². The first-order chi connectivity index (χ1) is 8.65. The lowest BCUT2D eigenvalue weighted by Crippen LogP contribution is -2.39. The van der Waals surface area contributed by atoms with Gasteiger partial charge in [0.25, 0.3) is 0 Å². The number of aryl methyl sites for hydroxylation is 2. The Morgan fingerprint density at radius 3 is 2.89 bits per heavy atom. The van der Waals surface area contributed by atoms with E-state index in [2.05, 4.69) is 32.9 Å². The Labute approximate surface area is 117 Å². The van der Waals surface area contributed by atoms with E-state index >= 15 is 0 Å². The minimum atomic E-state index is 0.386. The summed E-state index contributed by atoms with van der Waals surface area (Å²) in [6, 6.07) is 0. The minimum Gasteiger partial charge on any atom is -0.380 e. The zero-order chi connectivity index (χ0) is 13.1. The van der Waals surface area contributed by atoms with Gasteiger partial charge in [0.1, 0.15) is 0 Å². The number of hydrogen-bond donors (Lipinski definition) is 0. The molecule has 0 spiro atoms.